The largest absolute Gasteiger partial charge is 0.481 e. The molecule has 5 nitrogen and oxygen atoms in total. The van der Waals surface area contributed by atoms with Crippen molar-refractivity contribution >= 4 is 12.1 Å². The number of ether oxygens (including phenoxy) is 1. The normalized spacial score (nSPS) is 24.4. The second kappa shape index (κ2) is 6.63. The predicted octanol–water partition coefficient (Wildman–Crippen LogP) is 2.31. The summed E-state index contributed by atoms with van der Waals surface area (Å²) in [5.41, 5.74) is 0. The van der Waals surface area contributed by atoms with Crippen molar-refractivity contribution in [2.75, 3.05) is 6.61 Å². The van der Waals surface area contributed by atoms with E-state index in [9.17, 15) is 22.8 Å². The molecular formula is C11H16F3NO4. The van der Waals surface area contributed by atoms with Gasteiger partial charge < -0.3 is 15.2 Å². The van der Waals surface area contributed by atoms with Crippen LogP contribution in [0.2, 0.25) is 0 Å². The van der Waals surface area contributed by atoms with Crippen molar-refractivity contribution in [3.63, 3.8) is 0 Å². The number of aliphatic carboxylic acids is 1. The van der Waals surface area contributed by atoms with Crippen LogP contribution in [0.5, 0.6) is 0 Å². The fraction of sp³-hybridized carbons (Fsp3) is 0.818. The van der Waals surface area contributed by atoms with Crippen LogP contribution in [0.3, 0.4) is 0 Å². The first-order valence-corrected chi connectivity index (χ1v) is 6.02. The Kier molecular flexibility index (Phi) is 5.44. The molecule has 1 rings (SSSR count). The smallest absolute Gasteiger partial charge is 0.422 e. The van der Waals surface area contributed by atoms with Crippen molar-refractivity contribution < 1.29 is 32.6 Å². The van der Waals surface area contributed by atoms with E-state index in [2.05, 4.69) is 10.1 Å². The summed E-state index contributed by atoms with van der Waals surface area (Å²) in [6, 6.07) is -0.680. The molecule has 0 aromatic heterocycles. The van der Waals surface area contributed by atoms with E-state index in [0.29, 0.717) is 12.8 Å². The molecule has 1 saturated carbocycles. The Balaban J connectivity index is 2.51. The van der Waals surface area contributed by atoms with Gasteiger partial charge in [0, 0.05) is 6.04 Å². The summed E-state index contributed by atoms with van der Waals surface area (Å²) in [5, 5.41) is 11.3. The maximum absolute atomic E-state index is 11.9. The lowest BCUT2D eigenvalue weighted by molar-refractivity contribution is -0.160. The summed E-state index contributed by atoms with van der Waals surface area (Å²) in [7, 11) is 0. The minimum absolute atomic E-state index is 0.402. The van der Waals surface area contributed by atoms with E-state index in [-0.39, 0.29) is 0 Å². The molecule has 2 N–H and O–H groups in total. The van der Waals surface area contributed by atoms with Crippen molar-refractivity contribution in [2.45, 2.75) is 44.3 Å². The molecule has 1 aliphatic rings. The molecule has 0 radical (unpaired) electrons. The molecule has 0 aromatic rings. The number of carbonyl (C=O) groups is 2. The van der Waals surface area contributed by atoms with Gasteiger partial charge in [0.25, 0.3) is 0 Å². The molecule has 1 amide bonds. The van der Waals surface area contributed by atoms with Gasteiger partial charge in [0.1, 0.15) is 0 Å². The molecule has 0 bridgehead atoms. The Morgan fingerprint density at radius 1 is 1.21 bits per heavy atom. The molecular weight excluding hydrogens is 267 g/mol. The zero-order valence-corrected chi connectivity index (χ0v) is 10.2. The van der Waals surface area contributed by atoms with Crippen molar-refractivity contribution in [1.82, 2.24) is 5.32 Å². The maximum atomic E-state index is 11.9. The molecule has 0 saturated heterocycles. The zero-order valence-electron chi connectivity index (χ0n) is 10.2. The number of carbonyl (C=O) groups excluding carboxylic acids is 1. The van der Waals surface area contributed by atoms with Crippen LogP contribution in [-0.2, 0) is 9.53 Å². The first-order chi connectivity index (χ1) is 8.79. The van der Waals surface area contributed by atoms with Gasteiger partial charge in [-0.25, -0.2) is 4.79 Å². The predicted molar refractivity (Wildman–Crippen MR) is 58.5 cm³/mol. The lowest BCUT2D eigenvalue weighted by atomic mass is 9.95. The highest BCUT2D eigenvalue weighted by molar-refractivity contribution is 5.73. The number of nitrogens with one attached hydrogen (secondary N) is 1. The highest BCUT2D eigenvalue weighted by atomic mass is 19.4. The number of amides is 1. The second-order valence-corrected chi connectivity index (χ2v) is 4.52. The minimum Gasteiger partial charge on any atom is -0.481 e. The summed E-state index contributed by atoms with van der Waals surface area (Å²) in [6.45, 7) is -1.68. The van der Waals surface area contributed by atoms with Gasteiger partial charge in [-0.3, -0.25) is 4.79 Å². The van der Waals surface area contributed by atoms with Gasteiger partial charge in [0.05, 0.1) is 5.92 Å². The standard InChI is InChI=1S/C11H16F3NO4/c12-11(13,14)6-19-10(18)15-8-5-3-1-2-4-7(8)9(16)17/h7-8H,1-6H2,(H,15,18)(H,16,17). The van der Waals surface area contributed by atoms with Crippen molar-refractivity contribution in [3.8, 4) is 0 Å². The van der Waals surface area contributed by atoms with E-state index in [1.807, 2.05) is 0 Å². The first kappa shape index (κ1) is 15.6. The molecule has 0 heterocycles. The summed E-state index contributed by atoms with van der Waals surface area (Å²) >= 11 is 0. The lowest BCUT2D eigenvalue weighted by Gasteiger charge is -2.22. The average molecular weight is 283 g/mol. The highest BCUT2D eigenvalue weighted by Crippen LogP contribution is 2.24. The van der Waals surface area contributed by atoms with Crippen molar-refractivity contribution in [1.29, 1.82) is 0 Å². The highest BCUT2D eigenvalue weighted by Gasteiger charge is 2.33. The van der Waals surface area contributed by atoms with Gasteiger partial charge in [-0.15, -0.1) is 0 Å². The van der Waals surface area contributed by atoms with Crippen molar-refractivity contribution in [2.24, 2.45) is 5.92 Å². The Bertz CT molecular complexity index is 332. The third-order valence-electron chi connectivity index (χ3n) is 3.00. The second-order valence-electron chi connectivity index (χ2n) is 4.52. The molecule has 1 aliphatic carbocycles. The quantitative estimate of drug-likeness (QED) is 0.779. The number of alkyl halides is 3. The first-order valence-electron chi connectivity index (χ1n) is 6.02. The van der Waals surface area contributed by atoms with Crippen LogP contribution in [-0.4, -0.2) is 36.0 Å². The number of hydrogen-bond donors (Lipinski definition) is 2. The number of carboxylic acids is 1. The van der Waals surface area contributed by atoms with Crippen LogP contribution in [0.1, 0.15) is 32.1 Å². The van der Waals surface area contributed by atoms with E-state index < -0.39 is 36.8 Å². The number of carboxylic acid groups (broad SMARTS) is 1. The van der Waals surface area contributed by atoms with Crippen LogP contribution >= 0.6 is 0 Å². The SMILES string of the molecule is O=C(NC1CCCCCC1C(=O)O)OCC(F)(F)F. The summed E-state index contributed by atoms with van der Waals surface area (Å²) in [4.78, 5) is 22.3. The molecule has 19 heavy (non-hydrogen) atoms. The Morgan fingerprint density at radius 3 is 2.42 bits per heavy atom. The molecule has 1 fully saturated rings. The molecule has 2 atom stereocenters. The van der Waals surface area contributed by atoms with Crippen LogP contribution in [0.25, 0.3) is 0 Å². The van der Waals surface area contributed by atoms with Crippen molar-refractivity contribution in [3.05, 3.63) is 0 Å². The van der Waals surface area contributed by atoms with Crippen LogP contribution in [0.4, 0.5) is 18.0 Å². The number of alkyl carbamates (subject to hydrolysis) is 1. The van der Waals surface area contributed by atoms with Gasteiger partial charge in [-0.2, -0.15) is 13.2 Å². The Labute approximate surface area is 108 Å². The van der Waals surface area contributed by atoms with E-state index in [1.54, 1.807) is 0 Å². The molecule has 0 spiro atoms. The van der Waals surface area contributed by atoms with Crippen LogP contribution < -0.4 is 5.32 Å². The van der Waals surface area contributed by atoms with E-state index in [0.717, 1.165) is 19.3 Å². The summed E-state index contributed by atoms with van der Waals surface area (Å²) < 4.78 is 39.6. The van der Waals surface area contributed by atoms with Crippen LogP contribution in [0.15, 0.2) is 0 Å². The van der Waals surface area contributed by atoms with Gasteiger partial charge in [-0.1, -0.05) is 19.3 Å². The molecule has 8 heteroatoms. The number of halogens is 3. The van der Waals surface area contributed by atoms with E-state index >= 15 is 0 Å². The number of hydrogen-bond acceptors (Lipinski definition) is 3. The number of rotatable bonds is 3. The molecule has 2 unspecified atom stereocenters. The fourth-order valence-electron chi connectivity index (χ4n) is 2.12. The van der Waals surface area contributed by atoms with E-state index in [1.165, 1.54) is 0 Å². The monoisotopic (exact) mass is 283 g/mol. The molecule has 110 valence electrons. The topological polar surface area (TPSA) is 75.6 Å². The zero-order chi connectivity index (χ0) is 14.5. The lowest BCUT2D eigenvalue weighted by Crippen LogP contribution is -2.43. The summed E-state index contributed by atoms with van der Waals surface area (Å²) in [5.74, 6) is -1.83. The van der Waals surface area contributed by atoms with Gasteiger partial charge in [-0.05, 0) is 12.8 Å². The van der Waals surface area contributed by atoms with Gasteiger partial charge >= 0.3 is 18.2 Å². The fourth-order valence-corrected chi connectivity index (χ4v) is 2.12. The minimum atomic E-state index is -4.59. The molecule has 0 aromatic carbocycles. The average Bonchev–Trinajstić information content (AvgIpc) is 2.51. The van der Waals surface area contributed by atoms with Crippen LogP contribution in [0, 0.1) is 5.92 Å². The van der Waals surface area contributed by atoms with E-state index in [4.69, 9.17) is 5.11 Å². The van der Waals surface area contributed by atoms with Gasteiger partial charge in [0.2, 0.25) is 0 Å². The Hall–Kier alpha value is -1.47. The third-order valence-corrected chi connectivity index (χ3v) is 3.00. The van der Waals surface area contributed by atoms with Gasteiger partial charge in [0.15, 0.2) is 6.61 Å². The maximum Gasteiger partial charge on any atom is 0.422 e. The summed E-state index contributed by atoms with van der Waals surface area (Å²) in [6.07, 6.45) is -2.68. The Morgan fingerprint density at radius 2 is 1.84 bits per heavy atom. The molecule has 0 aliphatic heterocycles. The third kappa shape index (κ3) is 5.80.